The average Bonchev–Trinajstić information content (AvgIpc) is 2.39. The van der Waals surface area contributed by atoms with Crippen molar-refractivity contribution in [1.29, 1.82) is 0 Å². The molecule has 1 unspecified atom stereocenters. The van der Waals surface area contributed by atoms with Gasteiger partial charge in [-0.3, -0.25) is 4.98 Å². The van der Waals surface area contributed by atoms with Gasteiger partial charge in [-0.1, -0.05) is 29.3 Å². The van der Waals surface area contributed by atoms with Gasteiger partial charge < -0.3 is 20.8 Å². The van der Waals surface area contributed by atoms with Crippen molar-refractivity contribution >= 4 is 39.0 Å². The molecule has 122 valence electrons. The second-order valence-electron chi connectivity index (χ2n) is 3.90. The second kappa shape index (κ2) is 10.4. The fraction of sp³-hybridized carbons (Fsp3) is 0.0833. The van der Waals surface area contributed by atoms with Gasteiger partial charge in [0.2, 0.25) is 0 Å². The summed E-state index contributed by atoms with van der Waals surface area (Å²) < 4.78 is 34.1. The van der Waals surface area contributed by atoms with E-state index in [0.29, 0.717) is 10.7 Å². The number of halogens is 2. The number of rotatable bonds is 4. The zero-order chi connectivity index (χ0) is 14.8. The molecule has 23 heavy (non-hydrogen) atoms. The van der Waals surface area contributed by atoms with Crippen molar-refractivity contribution in [3.8, 4) is 0 Å². The quantitative estimate of drug-likeness (QED) is 0.493. The molecule has 0 saturated carbocycles. The number of anilines is 1. The van der Waals surface area contributed by atoms with Crippen LogP contribution in [0.1, 0.15) is 11.1 Å². The van der Waals surface area contributed by atoms with Gasteiger partial charge in [-0.05, 0) is 30.3 Å². The van der Waals surface area contributed by atoms with Crippen LogP contribution < -0.4 is 34.9 Å². The third kappa shape index (κ3) is 6.92. The Hall–Kier alpha value is -0.420. The largest absolute Gasteiger partial charge is 1.00 e. The number of nitrogens with one attached hydrogen (secondary N) is 1. The van der Waals surface area contributed by atoms with Crippen LogP contribution in [0.4, 0.5) is 5.69 Å². The first-order valence-electron chi connectivity index (χ1n) is 5.45. The fourth-order valence-corrected chi connectivity index (χ4v) is 2.58. The van der Waals surface area contributed by atoms with Crippen LogP contribution in [0.15, 0.2) is 42.6 Å². The van der Waals surface area contributed by atoms with Crippen LogP contribution in [0.3, 0.4) is 0 Å². The zero-order valence-electron chi connectivity index (χ0n) is 12.0. The predicted octanol–water partition coefficient (Wildman–Crippen LogP) is -1.60. The van der Waals surface area contributed by atoms with Crippen molar-refractivity contribution in [2.24, 2.45) is 0 Å². The van der Waals surface area contributed by atoms with Crippen molar-refractivity contribution < 1.29 is 53.5 Å². The van der Waals surface area contributed by atoms with E-state index in [0.717, 1.165) is 0 Å². The third-order valence-corrected chi connectivity index (χ3v) is 4.14. The summed E-state index contributed by atoms with van der Waals surface area (Å²) in [5, 5.41) is 1.68. The van der Waals surface area contributed by atoms with Crippen molar-refractivity contribution in [2.45, 2.75) is 5.37 Å². The Balaban J connectivity index is 0. The Labute approximate surface area is 165 Å². The Morgan fingerprint density at radius 3 is 2.22 bits per heavy atom. The maximum Gasteiger partial charge on any atom is 1.00 e. The monoisotopic (exact) mass is 390 g/mol. The summed E-state index contributed by atoms with van der Waals surface area (Å²) in [5.74, 6) is 0. The van der Waals surface area contributed by atoms with E-state index in [1.807, 2.05) is 0 Å². The van der Waals surface area contributed by atoms with Crippen LogP contribution in [0, 0.1) is 0 Å². The van der Waals surface area contributed by atoms with Gasteiger partial charge in [0.15, 0.2) is 5.37 Å². The molecule has 1 atom stereocenters. The molecular formula is C12H13Cl2N2NaO5S. The van der Waals surface area contributed by atoms with Gasteiger partial charge in [-0.2, -0.15) is 0 Å². The van der Waals surface area contributed by atoms with E-state index in [-0.39, 0.29) is 51.2 Å². The van der Waals surface area contributed by atoms with Gasteiger partial charge in [-0.25, -0.2) is 8.42 Å². The minimum atomic E-state index is -4.64. The summed E-state index contributed by atoms with van der Waals surface area (Å²) in [6, 6.07) is 9.12. The Morgan fingerprint density at radius 2 is 1.74 bits per heavy atom. The van der Waals surface area contributed by atoms with Crippen LogP contribution in [-0.4, -0.2) is 28.9 Å². The molecule has 0 bridgehead atoms. The molecule has 0 spiro atoms. The maximum absolute atomic E-state index is 11.4. The topological polar surface area (TPSA) is 145 Å². The van der Waals surface area contributed by atoms with Gasteiger partial charge >= 0.3 is 29.6 Å². The maximum atomic E-state index is 11.4. The predicted molar refractivity (Wildman–Crippen MR) is 84.0 cm³/mol. The third-order valence-electron chi connectivity index (χ3n) is 2.46. The zero-order valence-corrected chi connectivity index (χ0v) is 16.3. The molecule has 7 nitrogen and oxygen atoms in total. The first kappa shape index (κ1) is 24.8. The summed E-state index contributed by atoms with van der Waals surface area (Å²) in [6.07, 6.45) is 1.41. The summed E-state index contributed by atoms with van der Waals surface area (Å²) in [5.41, 5.74) is 0.461. The van der Waals surface area contributed by atoms with E-state index in [1.54, 1.807) is 12.1 Å². The normalized spacial score (nSPS) is 11.3. The molecule has 0 aliphatic heterocycles. The number of hydrogen-bond acceptors (Lipinski definition) is 5. The van der Waals surface area contributed by atoms with E-state index in [9.17, 15) is 13.0 Å². The molecule has 1 aromatic carbocycles. The molecule has 2 rings (SSSR count). The molecule has 1 aromatic heterocycles. The number of benzene rings is 1. The van der Waals surface area contributed by atoms with Crippen LogP contribution in [-0.2, 0) is 10.1 Å². The van der Waals surface area contributed by atoms with Crippen LogP contribution in [0.25, 0.3) is 0 Å². The van der Waals surface area contributed by atoms with Gasteiger partial charge in [0.05, 0.1) is 15.7 Å². The Bertz CT molecular complexity index is 719. The fourth-order valence-electron chi connectivity index (χ4n) is 1.56. The van der Waals surface area contributed by atoms with Gasteiger partial charge in [0, 0.05) is 11.9 Å². The molecule has 2 aromatic rings. The van der Waals surface area contributed by atoms with Crippen molar-refractivity contribution in [1.82, 2.24) is 4.98 Å². The Kier molecular flexibility index (Phi) is 11.3. The number of hydrogen-bond donors (Lipinski definition) is 1. The number of aromatic nitrogens is 1. The van der Waals surface area contributed by atoms with Gasteiger partial charge in [0.1, 0.15) is 10.1 Å². The van der Waals surface area contributed by atoms with E-state index in [2.05, 4.69) is 10.3 Å². The average molecular weight is 391 g/mol. The van der Waals surface area contributed by atoms with Crippen LogP contribution in [0.2, 0.25) is 10.0 Å². The van der Waals surface area contributed by atoms with Crippen molar-refractivity contribution in [3.05, 3.63) is 58.3 Å². The van der Waals surface area contributed by atoms with Crippen molar-refractivity contribution in [3.63, 3.8) is 0 Å². The summed E-state index contributed by atoms with van der Waals surface area (Å²) in [7, 11) is -4.64. The SMILES string of the molecule is O.O.O=S(=O)([O-])C(Nc1ccc(Cl)c(Cl)c1)c1ccccn1.[Na+]. The standard InChI is InChI=1S/C12H10Cl2N2O3S.Na.2H2O/c13-9-5-4-8(7-10(9)14)16-12(20(17,18)19)11-3-1-2-6-15-11;;;/h1-7,12,16H,(H,17,18,19);;2*1H2/q;+1;;/p-1. The Morgan fingerprint density at radius 1 is 1.09 bits per heavy atom. The van der Waals surface area contributed by atoms with E-state index in [1.165, 1.54) is 30.5 Å². The van der Waals surface area contributed by atoms with E-state index < -0.39 is 15.5 Å². The van der Waals surface area contributed by atoms with E-state index in [4.69, 9.17) is 23.2 Å². The first-order chi connectivity index (χ1) is 9.38. The van der Waals surface area contributed by atoms with Gasteiger partial charge in [-0.15, -0.1) is 0 Å². The molecule has 0 amide bonds. The molecule has 0 radical (unpaired) electrons. The molecule has 0 saturated heterocycles. The minimum absolute atomic E-state index is 0. The van der Waals surface area contributed by atoms with Crippen LogP contribution >= 0.6 is 23.2 Å². The van der Waals surface area contributed by atoms with Crippen molar-refractivity contribution in [2.75, 3.05) is 5.32 Å². The number of pyridine rings is 1. The molecule has 0 aliphatic carbocycles. The summed E-state index contributed by atoms with van der Waals surface area (Å²) in [4.78, 5) is 3.88. The van der Waals surface area contributed by atoms with E-state index >= 15 is 0 Å². The molecule has 0 aliphatic rings. The molecular weight excluding hydrogens is 378 g/mol. The molecule has 11 heteroatoms. The number of nitrogens with zero attached hydrogens (tertiary/aromatic N) is 1. The molecule has 5 N–H and O–H groups in total. The molecule has 1 heterocycles. The first-order valence-corrected chi connectivity index (χ1v) is 7.68. The van der Waals surface area contributed by atoms with Gasteiger partial charge in [0.25, 0.3) is 0 Å². The second-order valence-corrected chi connectivity index (χ2v) is 6.17. The van der Waals surface area contributed by atoms with Crippen LogP contribution in [0.5, 0.6) is 0 Å². The smallest absolute Gasteiger partial charge is 0.746 e. The summed E-state index contributed by atoms with van der Waals surface area (Å²) >= 11 is 11.6. The summed E-state index contributed by atoms with van der Waals surface area (Å²) in [6.45, 7) is 0. The molecule has 0 fully saturated rings. The minimum Gasteiger partial charge on any atom is -0.746 e.